The van der Waals surface area contributed by atoms with Crippen LogP contribution >= 0.6 is 18.6 Å². The van der Waals surface area contributed by atoms with Gasteiger partial charge in [0.05, 0.1) is 5.52 Å². The van der Waals surface area contributed by atoms with Crippen LogP contribution in [0.3, 0.4) is 0 Å². The second-order valence-corrected chi connectivity index (χ2v) is 10.4. The molecule has 0 fully saturated rings. The average molecular weight is 470 g/mol. The van der Waals surface area contributed by atoms with Crippen LogP contribution in [0.5, 0.6) is 0 Å². The first kappa shape index (κ1) is 23.0. The van der Waals surface area contributed by atoms with E-state index in [1.54, 1.807) is 0 Å². The molecule has 5 rings (SSSR count). The molecule has 0 unspecified atom stereocenters. The first-order valence-electron chi connectivity index (χ1n) is 9.85. The van der Waals surface area contributed by atoms with Crippen LogP contribution in [-0.4, -0.2) is 4.57 Å². The number of para-hydroxylation sites is 1. The molecule has 0 radical (unpaired) electrons. The van der Waals surface area contributed by atoms with E-state index in [1.165, 1.54) is 38.6 Å². The van der Waals surface area contributed by atoms with Crippen LogP contribution in [0.4, 0.5) is 0 Å². The van der Waals surface area contributed by atoms with Crippen LogP contribution < -0.4 is 0 Å². The molecule has 1 heterocycles. The van der Waals surface area contributed by atoms with E-state index in [1.807, 2.05) is 12.2 Å². The Kier molecular flexibility index (Phi) is 7.77. The molecule has 0 aliphatic heterocycles. The zero-order valence-corrected chi connectivity index (χ0v) is 20.8. The van der Waals surface area contributed by atoms with Gasteiger partial charge in [-0.2, -0.15) is 6.08 Å². The maximum atomic E-state index is 4.89. The van der Waals surface area contributed by atoms with Crippen molar-refractivity contribution in [1.82, 2.24) is 4.57 Å². The van der Waals surface area contributed by atoms with Crippen molar-refractivity contribution in [2.45, 2.75) is 27.7 Å². The molecule has 1 nitrogen and oxygen atoms in total. The molecule has 0 saturated carbocycles. The third-order valence-electron chi connectivity index (χ3n) is 5.35. The molecular weight excluding hydrogens is 445 g/mol. The standard InChI is InChI=1S/C19H16N.C7H9.2ClH.Ti/c1-13-14(2)20(19-10-6-5-9-18(13)19)17-11-15-7-3-4-8-16(15)12-17;1-7(2)5-3-4-6-7;;;/h3-12H,1-2H3;3-5H,1-2H3;2*1H;/q2*-1;;;+2/p-2. The fourth-order valence-electron chi connectivity index (χ4n) is 3.72. The molecule has 1 aliphatic rings. The summed E-state index contributed by atoms with van der Waals surface area (Å²) in [5.41, 5.74) is 5.44. The van der Waals surface area contributed by atoms with Crippen LogP contribution in [0.25, 0.3) is 27.4 Å². The number of fused-ring (bicyclic) bond motifs is 2. The van der Waals surface area contributed by atoms with Crippen LogP contribution in [0.1, 0.15) is 25.1 Å². The van der Waals surface area contributed by atoms with Gasteiger partial charge in [-0.15, -0.1) is 41.1 Å². The van der Waals surface area contributed by atoms with Crippen LogP contribution in [-0.2, 0) is 17.0 Å². The third kappa shape index (κ3) is 5.15. The number of hydrogen-bond donors (Lipinski definition) is 0. The number of aromatic nitrogens is 1. The Balaban J connectivity index is 0.000000214. The first-order valence-corrected chi connectivity index (χ1v) is 14.1. The van der Waals surface area contributed by atoms with Crippen LogP contribution in [0, 0.1) is 25.3 Å². The van der Waals surface area contributed by atoms with E-state index in [-0.39, 0.29) is 5.41 Å². The Bertz CT molecular complexity index is 1150. The minimum absolute atomic E-state index is 0.208. The summed E-state index contributed by atoms with van der Waals surface area (Å²) < 4.78 is 2.37. The van der Waals surface area contributed by atoms with Gasteiger partial charge in [-0.1, -0.05) is 43.5 Å². The normalized spacial score (nSPS) is 13.7. The SMILES string of the molecule is CC1(C)[C-]=CC=C1.Cc1c(C)n(-c2cc3ccccc3[cH-]2)c2ccccc12.[Cl][Ti][Cl]. The van der Waals surface area contributed by atoms with Gasteiger partial charge in [-0.05, 0) is 31.2 Å². The second kappa shape index (κ2) is 10.1. The Hall–Kier alpha value is -1.64. The van der Waals surface area contributed by atoms with E-state index in [4.69, 9.17) is 18.6 Å². The molecule has 4 heteroatoms. The molecule has 0 saturated heterocycles. The second-order valence-electron chi connectivity index (χ2n) is 7.87. The predicted octanol–water partition coefficient (Wildman–Crippen LogP) is 8.44. The fourth-order valence-corrected chi connectivity index (χ4v) is 3.72. The Morgan fingerprint density at radius 3 is 2.27 bits per heavy atom. The molecule has 3 aromatic carbocycles. The van der Waals surface area contributed by atoms with Gasteiger partial charge in [0.2, 0.25) is 0 Å². The minimum atomic E-state index is -0.556. The third-order valence-corrected chi connectivity index (χ3v) is 5.35. The molecule has 30 heavy (non-hydrogen) atoms. The molecule has 0 spiro atoms. The molecule has 0 bridgehead atoms. The molecule has 154 valence electrons. The van der Waals surface area contributed by atoms with Crippen molar-refractivity contribution in [3.05, 3.63) is 96.2 Å². The van der Waals surface area contributed by atoms with E-state index >= 15 is 0 Å². The van der Waals surface area contributed by atoms with Crippen molar-refractivity contribution < 1.29 is 17.0 Å². The van der Waals surface area contributed by atoms with Gasteiger partial charge in [0.15, 0.2) is 0 Å². The molecular formula is C26H25Cl2NTi-2. The fraction of sp³-hybridized carbons (Fsp3) is 0.192. The van der Waals surface area contributed by atoms with E-state index in [0.29, 0.717) is 0 Å². The molecule has 0 N–H and O–H groups in total. The van der Waals surface area contributed by atoms with Crippen molar-refractivity contribution in [3.8, 4) is 5.69 Å². The van der Waals surface area contributed by atoms with E-state index < -0.39 is 17.0 Å². The summed E-state index contributed by atoms with van der Waals surface area (Å²) in [5.74, 6) is 0. The zero-order valence-electron chi connectivity index (χ0n) is 17.7. The maximum absolute atomic E-state index is 4.89. The monoisotopic (exact) mass is 469 g/mol. The van der Waals surface area contributed by atoms with Crippen LogP contribution in [0.2, 0.25) is 0 Å². The van der Waals surface area contributed by atoms with E-state index in [0.717, 1.165) is 0 Å². The molecule has 0 amide bonds. The Labute approximate surface area is 196 Å². The summed E-state index contributed by atoms with van der Waals surface area (Å²) in [5, 5.41) is 3.95. The number of rotatable bonds is 1. The van der Waals surface area contributed by atoms with Gasteiger partial charge in [-0.25, -0.2) is 12.2 Å². The summed E-state index contributed by atoms with van der Waals surface area (Å²) in [6, 6.07) is 21.7. The van der Waals surface area contributed by atoms with Gasteiger partial charge in [0.25, 0.3) is 0 Å². The number of aryl methyl sites for hydroxylation is 1. The predicted molar refractivity (Wildman–Crippen MR) is 128 cm³/mol. The van der Waals surface area contributed by atoms with Gasteiger partial charge < -0.3 is 4.57 Å². The van der Waals surface area contributed by atoms with Gasteiger partial charge in [0, 0.05) is 11.1 Å². The summed E-state index contributed by atoms with van der Waals surface area (Å²) in [7, 11) is 9.78. The quantitative estimate of drug-likeness (QED) is 0.194. The van der Waals surface area contributed by atoms with E-state index in [2.05, 4.69) is 105 Å². The van der Waals surface area contributed by atoms with Crippen molar-refractivity contribution in [2.24, 2.45) is 5.41 Å². The van der Waals surface area contributed by atoms with Crippen molar-refractivity contribution >= 4 is 40.3 Å². The average Bonchev–Trinajstić information content (AvgIpc) is 3.40. The number of benzene rings is 2. The number of hydrogen-bond acceptors (Lipinski definition) is 0. The first-order chi connectivity index (χ1) is 14.4. The Morgan fingerprint density at radius 1 is 1.00 bits per heavy atom. The number of halogens is 2. The van der Waals surface area contributed by atoms with E-state index in [9.17, 15) is 0 Å². The molecule has 4 aromatic rings. The number of allylic oxidation sites excluding steroid dienone is 4. The van der Waals surface area contributed by atoms with Gasteiger partial charge in [-0.3, -0.25) is 6.08 Å². The van der Waals surface area contributed by atoms with Gasteiger partial charge >= 0.3 is 35.6 Å². The summed E-state index contributed by atoms with van der Waals surface area (Å²) in [6.45, 7) is 8.67. The van der Waals surface area contributed by atoms with Crippen molar-refractivity contribution in [3.63, 3.8) is 0 Å². The molecule has 1 aliphatic carbocycles. The molecule has 1 aromatic heterocycles. The topological polar surface area (TPSA) is 4.93 Å². The Morgan fingerprint density at radius 2 is 1.67 bits per heavy atom. The number of nitrogens with zero attached hydrogens (tertiary/aromatic N) is 1. The summed E-state index contributed by atoms with van der Waals surface area (Å²) >= 11 is -0.556. The van der Waals surface area contributed by atoms with Crippen molar-refractivity contribution in [2.75, 3.05) is 0 Å². The molecule has 0 atom stereocenters. The summed E-state index contributed by atoms with van der Waals surface area (Å²) in [4.78, 5) is 0. The van der Waals surface area contributed by atoms with Gasteiger partial charge in [0.1, 0.15) is 0 Å². The zero-order chi connectivity index (χ0) is 21.7. The summed E-state index contributed by atoms with van der Waals surface area (Å²) in [6.07, 6.45) is 9.28. The van der Waals surface area contributed by atoms with Crippen molar-refractivity contribution in [1.29, 1.82) is 0 Å². The van der Waals surface area contributed by atoms with Crippen LogP contribution in [0.15, 0.2) is 78.9 Å².